The lowest BCUT2D eigenvalue weighted by Gasteiger charge is -2.22. The molecule has 0 unspecified atom stereocenters. The summed E-state index contributed by atoms with van der Waals surface area (Å²) in [4.78, 5) is 16.3. The van der Waals surface area contributed by atoms with Crippen LogP contribution in [-0.2, 0) is 17.9 Å². The summed E-state index contributed by atoms with van der Waals surface area (Å²) < 4.78 is 30.8. The zero-order chi connectivity index (χ0) is 23.3. The van der Waals surface area contributed by atoms with E-state index in [9.17, 15) is 13.6 Å². The van der Waals surface area contributed by atoms with Crippen molar-refractivity contribution in [2.75, 3.05) is 20.6 Å². The van der Waals surface area contributed by atoms with Crippen LogP contribution in [0, 0.1) is 13.8 Å². The zero-order valence-electron chi connectivity index (χ0n) is 18.8. The van der Waals surface area contributed by atoms with Gasteiger partial charge in [-0.25, -0.2) is 4.68 Å². The smallest absolute Gasteiger partial charge is 0.387 e. The molecule has 6 nitrogen and oxygen atoms in total. The molecule has 0 aliphatic heterocycles. The molecule has 1 amide bonds. The van der Waals surface area contributed by atoms with Gasteiger partial charge in [0.15, 0.2) is 0 Å². The number of aromatic nitrogens is 2. The lowest BCUT2D eigenvalue weighted by Crippen LogP contribution is -2.36. The average Bonchev–Trinajstić information content (AvgIpc) is 3.03. The monoisotopic (exact) mass is 442 g/mol. The van der Waals surface area contributed by atoms with E-state index in [2.05, 4.69) is 9.84 Å². The summed E-state index contributed by atoms with van der Waals surface area (Å²) in [7, 11) is 3.63. The predicted octanol–water partition coefficient (Wildman–Crippen LogP) is 4.18. The minimum atomic E-state index is -2.85. The maximum atomic E-state index is 12.7. The summed E-state index contributed by atoms with van der Waals surface area (Å²) in [6, 6.07) is 16.2. The van der Waals surface area contributed by atoms with Crippen LogP contribution < -0.4 is 4.74 Å². The molecule has 0 bridgehead atoms. The molecule has 0 atom stereocenters. The Morgan fingerprint density at radius 3 is 2.31 bits per heavy atom. The first kappa shape index (κ1) is 23.4. The number of nitrogens with zero attached hydrogens (tertiary/aromatic N) is 4. The van der Waals surface area contributed by atoms with E-state index in [0.29, 0.717) is 13.1 Å². The van der Waals surface area contributed by atoms with E-state index in [0.717, 1.165) is 28.2 Å². The number of aryl methyl sites for hydroxylation is 1. The van der Waals surface area contributed by atoms with E-state index in [4.69, 9.17) is 0 Å². The highest BCUT2D eigenvalue weighted by Gasteiger charge is 2.17. The van der Waals surface area contributed by atoms with Crippen molar-refractivity contribution in [2.45, 2.75) is 33.5 Å². The number of ether oxygens (including phenoxy) is 1. The van der Waals surface area contributed by atoms with Gasteiger partial charge in [-0.1, -0.05) is 30.3 Å². The maximum absolute atomic E-state index is 12.7. The second kappa shape index (κ2) is 10.4. The Bertz CT molecular complexity index is 1040. The Kier molecular flexibility index (Phi) is 7.58. The number of amides is 1. The Balaban J connectivity index is 1.58. The number of benzene rings is 2. The standard InChI is InChI=1S/C24H28F2N4O2/c1-17-22(18(2)30(27-17)20-8-6-5-7-9-20)15-28(3)16-23(31)29(4)14-19-10-12-21(13-11-19)32-24(25)26/h5-13,24H,14-16H2,1-4H3. The Morgan fingerprint density at radius 1 is 1.03 bits per heavy atom. The van der Waals surface area contributed by atoms with Crippen LogP contribution in [-0.4, -0.2) is 52.7 Å². The minimum absolute atomic E-state index is 0.0360. The van der Waals surface area contributed by atoms with E-state index in [1.165, 1.54) is 12.1 Å². The van der Waals surface area contributed by atoms with Crippen molar-refractivity contribution in [3.63, 3.8) is 0 Å². The molecule has 1 heterocycles. The molecular formula is C24H28F2N4O2. The van der Waals surface area contributed by atoms with Gasteiger partial charge in [0.05, 0.1) is 17.9 Å². The van der Waals surface area contributed by atoms with Gasteiger partial charge in [-0.3, -0.25) is 9.69 Å². The van der Waals surface area contributed by atoms with E-state index < -0.39 is 6.61 Å². The fraction of sp³-hybridized carbons (Fsp3) is 0.333. The SMILES string of the molecule is Cc1nn(-c2ccccc2)c(C)c1CN(C)CC(=O)N(C)Cc1ccc(OC(F)F)cc1. The van der Waals surface area contributed by atoms with E-state index in [1.54, 1.807) is 24.1 Å². The molecule has 32 heavy (non-hydrogen) atoms. The quantitative estimate of drug-likeness (QED) is 0.499. The second-order valence-electron chi connectivity index (χ2n) is 7.84. The summed E-state index contributed by atoms with van der Waals surface area (Å²) in [5.74, 6) is 0.0606. The second-order valence-corrected chi connectivity index (χ2v) is 7.84. The Labute approximate surface area is 187 Å². The number of carbonyl (C=O) groups is 1. The molecule has 0 radical (unpaired) electrons. The Morgan fingerprint density at radius 2 is 1.69 bits per heavy atom. The molecule has 0 aliphatic rings. The molecule has 1 aromatic heterocycles. The van der Waals surface area contributed by atoms with Gasteiger partial charge in [-0.2, -0.15) is 13.9 Å². The molecule has 0 spiro atoms. The molecular weight excluding hydrogens is 414 g/mol. The van der Waals surface area contributed by atoms with Crippen molar-refractivity contribution < 1.29 is 18.3 Å². The fourth-order valence-corrected chi connectivity index (χ4v) is 3.54. The number of halogens is 2. The molecule has 0 saturated heterocycles. The molecule has 3 aromatic rings. The van der Waals surface area contributed by atoms with Crippen LogP contribution in [0.1, 0.15) is 22.5 Å². The summed E-state index contributed by atoms with van der Waals surface area (Å²) in [6.07, 6.45) is 0. The van der Waals surface area contributed by atoms with Crippen LogP contribution in [0.5, 0.6) is 5.75 Å². The number of para-hydroxylation sites is 1. The van der Waals surface area contributed by atoms with Crippen LogP contribution in [0.15, 0.2) is 54.6 Å². The first-order valence-corrected chi connectivity index (χ1v) is 10.3. The lowest BCUT2D eigenvalue weighted by atomic mass is 10.2. The van der Waals surface area contributed by atoms with Crippen molar-refractivity contribution in [1.29, 1.82) is 0 Å². The number of hydrogen-bond donors (Lipinski definition) is 0. The van der Waals surface area contributed by atoms with Crippen molar-refractivity contribution in [3.05, 3.63) is 77.1 Å². The van der Waals surface area contributed by atoms with Crippen LogP contribution in [0.4, 0.5) is 8.78 Å². The topological polar surface area (TPSA) is 50.6 Å². The normalized spacial score (nSPS) is 11.2. The number of hydrogen-bond acceptors (Lipinski definition) is 4. The third-order valence-corrected chi connectivity index (χ3v) is 5.27. The lowest BCUT2D eigenvalue weighted by molar-refractivity contribution is -0.131. The van der Waals surface area contributed by atoms with Gasteiger partial charge in [0, 0.05) is 31.4 Å². The van der Waals surface area contributed by atoms with Gasteiger partial charge in [0.2, 0.25) is 5.91 Å². The molecule has 3 rings (SSSR count). The first-order chi connectivity index (χ1) is 15.2. The highest BCUT2D eigenvalue weighted by Crippen LogP contribution is 2.19. The van der Waals surface area contributed by atoms with Gasteiger partial charge in [0.1, 0.15) is 5.75 Å². The minimum Gasteiger partial charge on any atom is -0.435 e. The van der Waals surface area contributed by atoms with Crippen LogP contribution in [0.3, 0.4) is 0 Å². The number of carbonyl (C=O) groups excluding carboxylic acids is 1. The first-order valence-electron chi connectivity index (χ1n) is 10.3. The van der Waals surface area contributed by atoms with Crippen molar-refractivity contribution >= 4 is 5.91 Å². The highest BCUT2D eigenvalue weighted by molar-refractivity contribution is 5.78. The fourth-order valence-electron chi connectivity index (χ4n) is 3.54. The van der Waals surface area contributed by atoms with Gasteiger partial charge in [-0.05, 0) is 50.7 Å². The van der Waals surface area contributed by atoms with Crippen molar-refractivity contribution in [2.24, 2.45) is 0 Å². The van der Waals surface area contributed by atoms with Gasteiger partial charge >= 0.3 is 6.61 Å². The summed E-state index contributed by atoms with van der Waals surface area (Å²) >= 11 is 0. The maximum Gasteiger partial charge on any atom is 0.387 e. The number of alkyl halides is 2. The van der Waals surface area contributed by atoms with Crippen LogP contribution in [0.25, 0.3) is 5.69 Å². The summed E-state index contributed by atoms with van der Waals surface area (Å²) in [5, 5.41) is 4.67. The number of likely N-dealkylation sites (N-methyl/N-ethyl adjacent to an activating group) is 2. The molecule has 0 N–H and O–H groups in total. The van der Waals surface area contributed by atoms with E-state index in [-0.39, 0.29) is 18.2 Å². The van der Waals surface area contributed by atoms with Crippen molar-refractivity contribution in [3.8, 4) is 11.4 Å². The highest BCUT2D eigenvalue weighted by atomic mass is 19.3. The van der Waals surface area contributed by atoms with E-state index in [1.807, 2.05) is 60.8 Å². The van der Waals surface area contributed by atoms with Crippen molar-refractivity contribution in [1.82, 2.24) is 19.6 Å². The largest absolute Gasteiger partial charge is 0.435 e. The summed E-state index contributed by atoms with van der Waals surface area (Å²) in [5.41, 5.74) is 4.92. The number of rotatable bonds is 9. The van der Waals surface area contributed by atoms with Gasteiger partial charge in [0.25, 0.3) is 0 Å². The van der Waals surface area contributed by atoms with Crippen LogP contribution in [0.2, 0.25) is 0 Å². The van der Waals surface area contributed by atoms with E-state index >= 15 is 0 Å². The molecule has 8 heteroatoms. The molecule has 0 saturated carbocycles. The third-order valence-electron chi connectivity index (χ3n) is 5.27. The predicted molar refractivity (Wildman–Crippen MR) is 119 cm³/mol. The van der Waals surface area contributed by atoms with Crippen LogP contribution >= 0.6 is 0 Å². The molecule has 0 aliphatic carbocycles. The molecule has 170 valence electrons. The molecule has 2 aromatic carbocycles. The average molecular weight is 443 g/mol. The molecule has 0 fully saturated rings. The van der Waals surface area contributed by atoms with Gasteiger partial charge in [-0.15, -0.1) is 0 Å². The summed E-state index contributed by atoms with van der Waals surface area (Å²) in [6.45, 7) is 2.39. The zero-order valence-corrected chi connectivity index (χ0v) is 18.8. The Hall–Kier alpha value is -3.26. The third kappa shape index (κ3) is 5.91. The van der Waals surface area contributed by atoms with Gasteiger partial charge < -0.3 is 9.64 Å².